The van der Waals surface area contributed by atoms with Crippen LogP contribution in [0, 0.1) is 0 Å². The number of carbonyl (C=O) groups is 1. The van der Waals surface area contributed by atoms with E-state index in [9.17, 15) is 4.79 Å². The molecule has 23 heavy (non-hydrogen) atoms. The molecule has 0 saturated carbocycles. The van der Waals surface area contributed by atoms with Crippen molar-refractivity contribution >= 4 is 6.09 Å². The second kappa shape index (κ2) is 9.56. The summed E-state index contributed by atoms with van der Waals surface area (Å²) in [5.41, 5.74) is 2.17. The molecule has 0 heterocycles. The summed E-state index contributed by atoms with van der Waals surface area (Å²) in [6.45, 7) is 12.9. The summed E-state index contributed by atoms with van der Waals surface area (Å²) in [5.74, 6) is 0. The molecule has 0 unspecified atom stereocenters. The average molecular weight is 320 g/mol. The highest BCUT2D eigenvalue weighted by molar-refractivity contribution is 5.68. The van der Waals surface area contributed by atoms with Gasteiger partial charge in [-0.15, -0.1) is 0 Å². The summed E-state index contributed by atoms with van der Waals surface area (Å²) in [6, 6.07) is 8.65. The lowest BCUT2D eigenvalue weighted by atomic mass is 10.1. The number of ether oxygens (including phenoxy) is 1. The quantitative estimate of drug-likeness (QED) is 0.737. The standard InChI is InChI=1S/C19H32N2O2/c1-6-13-21(18(22)23-19(3,4)5)14-12-20-15-17-10-8-16(7-2)9-11-17/h8-11,20H,6-7,12-15H2,1-5H3. The zero-order valence-corrected chi connectivity index (χ0v) is 15.3. The third-order valence-corrected chi connectivity index (χ3v) is 3.46. The molecule has 0 bridgehead atoms. The Morgan fingerprint density at radius 2 is 1.70 bits per heavy atom. The second-order valence-corrected chi connectivity index (χ2v) is 6.81. The van der Waals surface area contributed by atoms with Gasteiger partial charge in [-0.3, -0.25) is 0 Å². The molecule has 130 valence electrons. The molecular weight excluding hydrogens is 288 g/mol. The summed E-state index contributed by atoms with van der Waals surface area (Å²) >= 11 is 0. The van der Waals surface area contributed by atoms with Crippen molar-refractivity contribution in [3.63, 3.8) is 0 Å². The van der Waals surface area contributed by atoms with Gasteiger partial charge in [0.2, 0.25) is 0 Å². The largest absolute Gasteiger partial charge is 0.444 e. The van der Waals surface area contributed by atoms with Gasteiger partial charge in [-0.2, -0.15) is 0 Å². The minimum Gasteiger partial charge on any atom is -0.444 e. The van der Waals surface area contributed by atoms with Crippen LogP contribution >= 0.6 is 0 Å². The summed E-state index contributed by atoms with van der Waals surface area (Å²) < 4.78 is 5.45. The maximum Gasteiger partial charge on any atom is 0.410 e. The molecule has 4 nitrogen and oxygen atoms in total. The Hall–Kier alpha value is -1.55. The number of benzene rings is 1. The van der Waals surface area contributed by atoms with Gasteiger partial charge >= 0.3 is 6.09 Å². The number of nitrogens with zero attached hydrogens (tertiary/aromatic N) is 1. The van der Waals surface area contributed by atoms with Crippen LogP contribution in [0.25, 0.3) is 0 Å². The molecule has 0 aliphatic carbocycles. The van der Waals surface area contributed by atoms with E-state index in [0.29, 0.717) is 6.54 Å². The zero-order chi connectivity index (χ0) is 17.3. The first kappa shape index (κ1) is 19.5. The van der Waals surface area contributed by atoms with Crippen LogP contribution in [-0.4, -0.2) is 36.2 Å². The van der Waals surface area contributed by atoms with E-state index < -0.39 is 5.60 Å². The lowest BCUT2D eigenvalue weighted by Crippen LogP contribution is -2.40. The molecule has 0 spiro atoms. The van der Waals surface area contributed by atoms with Crippen LogP contribution in [0.15, 0.2) is 24.3 Å². The molecule has 1 rings (SSSR count). The third kappa shape index (κ3) is 8.03. The Morgan fingerprint density at radius 1 is 1.09 bits per heavy atom. The summed E-state index contributed by atoms with van der Waals surface area (Å²) in [7, 11) is 0. The Kier molecular flexibility index (Phi) is 8.10. The number of carbonyl (C=O) groups excluding carboxylic acids is 1. The maximum atomic E-state index is 12.2. The highest BCUT2D eigenvalue weighted by Crippen LogP contribution is 2.10. The van der Waals surface area contributed by atoms with Gasteiger partial charge in [0.15, 0.2) is 0 Å². The second-order valence-electron chi connectivity index (χ2n) is 6.81. The van der Waals surface area contributed by atoms with Crippen molar-refractivity contribution in [1.29, 1.82) is 0 Å². The topological polar surface area (TPSA) is 41.6 Å². The highest BCUT2D eigenvalue weighted by Gasteiger charge is 2.21. The minimum absolute atomic E-state index is 0.228. The van der Waals surface area contributed by atoms with Gasteiger partial charge in [0.25, 0.3) is 0 Å². The van der Waals surface area contributed by atoms with Crippen LogP contribution in [-0.2, 0) is 17.7 Å². The molecule has 1 amide bonds. The number of rotatable bonds is 8. The van der Waals surface area contributed by atoms with Crippen molar-refractivity contribution in [3.8, 4) is 0 Å². The predicted molar refractivity (Wildman–Crippen MR) is 95.6 cm³/mol. The molecule has 0 aliphatic rings. The molecule has 1 aromatic rings. The number of hydrogen-bond donors (Lipinski definition) is 1. The van der Waals surface area contributed by atoms with Crippen molar-refractivity contribution in [2.24, 2.45) is 0 Å². The van der Waals surface area contributed by atoms with Crippen LogP contribution in [0.5, 0.6) is 0 Å². The van der Waals surface area contributed by atoms with Crippen LogP contribution in [0.1, 0.15) is 52.2 Å². The van der Waals surface area contributed by atoms with Gasteiger partial charge in [0.1, 0.15) is 5.60 Å². The van der Waals surface area contributed by atoms with Crippen molar-refractivity contribution in [1.82, 2.24) is 10.2 Å². The lowest BCUT2D eigenvalue weighted by molar-refractivity contribution is 0.0252. The number of aryl methyl sites for hydroxylation is 1. The summed E-state index contributed by atoms with van der Waals surface area (Å²) in [5, 5.41) is 3.40. The van der Waals surface area contributed by atoms with E-state index in [1.165, 1.54) is 11.1 Å². The van der Waals surface area contributed by atoms with Gasteiger partial charge in [-0.25, -0.2) is 4.79 Å². The molecule has 0 aliphatic heterocycles. The monoisotopic (exact) mass is 320 g/mol. The van der Waals surface area contributed by atoms with Gasteiger partial charge in [0, 0.05) is 26.2 Å². The fraction of sp³-hybridized carbons (Fsp3) is 0.632. The number of amides is 1. The van der Waals surface area contributed by atoms with E-state index in [0.717, 1.165) is 32.5 Å². The van der Waals surface area contributed by atoms with E-state index in [-0.39, 0.29) is 6.09 Å². The molecule has 0 fully saturated rings. The molecule has 1 N–H and O–H groups in total. The van der Waals surface area contributed by atoms with Gasteiger partial charge in [0.05, 0.1) is 0 Å². The Balaban J connectivity index is 2.38. The highest BCUT2D eigenvalue weighted by atomic mass is 16.6. The molecular formula is C19H32N2O2. The number of hydrogen-bond acceptors (Lipinski definition) is 3. The molecule has 0 aromatic heterocycles. The van der Waals surface area contributed by atoms with E-state index in [4.69, 9.17) is 4.74 Å². The fourth-order valence-corrected chi connectivity index (χ4v) is 2.23. The van der Waals surface area contributed by atoms with Gasteiger partial charge in [-0.05, 0) is 44.7 Å². The predicted octanol–water partition coefficient (Wildman–Crippen LogP) is 3.99. The Bertz CT molecular complexity index is 463. The van der Waals surface area contributed by atoms with Crippen molar-refractivity contribution in [2.45, 2.75) is 59.6 Å². The Labute approximate surface area is 141 Å². The SMILES string of the molecule is CCCN(CCNCc1ccc(CC)cc1)C(=O)OC(C)(C)C. The van der Waals surface area contributed by atoms with E-state index in [1.54, 1.807) is 4.90 Å². The molecule has 0 saturated heterocycles. The van der Waals surface area contributed by atoms with Gasteiger partial charge < -0.3 is 15.0 Å². The first-order valence-electron chi connectivity index (χ1n) is 8.62. The smallest absolute Gasteiger partial charge is 0.410 e. The fourth-order valence-electron chi connectivity index (χ4n) is 2.23. The van der Waals surface area contributed by atoms with E-state index in [1.807, 2.05) is 20.8 Å². The maximum absolute atomic E-state index is 12.2. The number of nitrogens with one attached hydrogen (secondary N) is 1. The summed E-state index contributed by atoms with van der Waals surface area (Å²) in [6.07, 6.45) is 1.77. The molecule has 1 aromatic carbocycles. The Morgan fingerprint density at radius 3 is 2.22 bits per heavy atom. The first-order chi connectivity index (χ1) is 10.9. The van der Waals surface area contributed by atoms with Crippen LogP contribution < -0.4 is 5.32 Å². The lowest BCUT2D eigenvalue weighted by Gasteiger charge is -2.27. The van der Waals surface area contributed by atoms with Gasteiger partial charge in [-0.1, -0.05) is 38.1 Å². The van der Waals surface area contributed by atoms with Crippen molar-refractivity contribution < 1.29 is 9.53 Å². The average Bonchev–Trinajstić information content (AvgIpc) is 2.49. The van der Waals surface area contributed by atoms with Crippen molar-refractivity contribution in [3.05, 3.63) is 35.4 Å². The van der Waals surface area contributed by atoms with Crippen LogP contribution in [0.2, 0.25) is 0 Å². The molecule has 0 atom stereocenters. The zero-order valence-electron chi connectivity index (χ0n) is 15.3. The normalized spacial score (nSPS) is 11.3. The molecule has 0 radical (unpaired) electrons. The van der Waals surface area contributed by atoms with Crippen LogP contribution in [0.4, 0.5) is 4.79 Å². The summed E-state index contributed by atoms with van der Waals surface area (Å²) in [4.78, 5) is 13.9. The minimum atomic E-state index is -0.447. The first-order valence-corrected chi connectivity index (χ1v) is 8.62. The third-order valence-electron chi connectivity index (χ3n) is 3.46. The van der Waals surface area contributed by atoms with E-state index in [2.05, 4.69) is 43.4 Å². The molecule has 4 heteroatoms. The van der Waals surface area contributed by atoms with Crippen molar-refractivity contribution in [2.75, 3.05) is 19.6 Å². The van der Waals surface area contributed by atoms with E-state index >= 15 is 0 Å². The van der Waals surface area contributed by atoms with Crippen LogP contribution in [0.3, 0.4) is 0 Å².